The number of rotatable bonds is 16. The van der Waals surface area contributed by atoms with E-state index in [1.807, 2.05) is 63.2 Å². The highest BCUT2D eigenvalue weighted by atomic mass is 16.5. The van der Waals surface area contributed by atoms with Crippen molar-refractivity contribution < 1.29 is 33.7 Å². The van der Waals surface area contributed by atoms with Crippen LogP contribution in [-0.2, 0) is 34.0 Å². The van der Waals surface area contributed by atoms with Gasteiger partial charge in [-0.1, -0.05) is 44.2 Å². The maximum absolute atomic E-state index is 13.9. The molecule has 3 aromatic carbocycles. The lowest BCUT2D eigenvalue weighted by Crippen LogP contribution is -2.44. The molecule has 0 radical (unpaired) electrons. The predicted octanol–water partition coefficient (Wildman–Crippen LogP) is 6.56. The lowest BCUT2D eigenvalue weighted by atomic mass is 9.94. The third-order valence-electron chi connectivity index (χ3n) is 11.0. The standard InChI is InChI=1S/C45H54N4O8/c1-7-48(35-14-16-55-17-15-35)40-22-34(21-37(30(40)6)42(50)46-24-39-28(4)20-29(5)47-43(39)51)32-10-8-31(9-11-32)26-56-18-19-57-36-13-12-33-25-49(44(52)38(33)23-36)41(27(2)3)45(53)54/h8-13,20-23,27,35,41H,7,14-19,24-26H2,1-6H3,(H,46,50)(H,47,51)(H,53,54)/t41-/m0/s1. The van der Waals surface area contributed by atoms with Crippen LogP contribution in [0.3, 0.4) is 0 Å². The number of aromatic nitrogens is 1. The summed E-state index contributed by atoms with van der Waals surface area (Å²) in [5, 5.41) is 12.7. The van der Waals surface area contributed by atoms with Crippen LogP contribution in [0.5, 0.6) is 5.75 Å². The summed E-state index contributed by atoms with van der Waals surface area (Å²) in [4.78, 5) is 58.1. The zero-order chi connectivity index (χ0) is 40.8. The second-order valence-corrected chi connectivity index (χ2v) is 15.3. The van der Waals surface area contributed by atoms with Crippen LogP contribution in [0.15, 0.2) is 65.5 Å². The fourth-order valence-corrected chi connectivity index (χ4v) is 7.98. The fraction of sp³-hybridized carbons (Fsp3) is 0.422. The third-order valence-corrected chi connectivity index (χ3v) is 11.0. The first kappa shape index (κ1) is 41.2. The van der Waals surface area contributed by atoms with Crippen molar-refractivity contribution >= 4 is 23.5 Å². The monoisotopic (exact) mass is 778 g/mol. The number of carboxylic acids is 1. The van der Waals surface area contributed by atoms with E-state index in [0.29, 0.717) is 54.9 Å². The van der Waals surface area contributed by atoms with Crippen molar-refractivity contribution in [2.24, 2.45) is 5.92 Å². The van der Waals surface area contributed by atoms with Crippen LogP contribution < -0.4 is 20.5 Å². The number of benzene rings is 3. The molecule has 302 valence electrons. The number of carbonyl (C=O) groups excluding carboxylic acids is 2. The van der Waals surface area contributed by atoms with E-state index in [4.69, 9.17) is 14.2 Å². The van der Waals surface area contributed by atoms with Gasteiger partial charge < -0.3 is 39.4 Å². The molecular formula is C45H54N4O8. The highest BCUT2D eigenvalue weighted by molar-refractivity contribution is 6.01. The molecule has 0 unspecified atom stereocenters. The second kappa shape index (κ2) is 18.2. The number of hydrogen-bond acceptors (Lipinski definition) is 8. The Balaban J connectivity index is 1.11. The molecule has 1 atom stereocenters. The zero-order valence-electron chi connectivity index (χ0n) is 33.8. The highest BCUT2D eigenvalue weighted by Gasteiger charge is 2.38. The average Bonchev–Trinajstić information content (AvgIpc) is 3.49. The fourth-order valence-electron chi connectivity index (χ4n) is 7.98. The van der Waals surface area contributed by atoms with Gasteiger partial charge in [-0.05, 0) is 110 Å². The number of aryl methyl sites for hydroxylation is 2. The number of hydrogen-bond donors (Lipinski definition) is 3. The second-order valence-electron chi connectivity index (χ2n) is 15.3. The van der Waals surface area contributed by atoms with Gasteiger partial charge in [0.15, 0.2) is 0 Å². The van der Waals surface area contributed by atoms with Crippen LogP contribution in [0.1, 0.15) is 87.8 Å². The molecule has 1 saturated heterocycles. The van der Waals surface area contributed by atoms with Gasteiger partial charge in [-0.15, -0.1) is 0 Å². The molecule has 12 heteroatoms. The van der Waals surface area contributed by atoms with Crippen LogP contribution in [0.25, 0.3) is 11.1 Å². The lowest BCUT2D eigenvalue weighted by molar-refractivity contribution is -0.144. The number of aromatic amines is 1. The number of pyridine rings is 1. The highest BCUT2D eigenvalue weighted by Crippen LogP contribution is 2.34. The maximum atomic E-state index is 13.9. The minimum absolute atomic E-state index is 0.121. The molecule has 57 heavy (non-hydrogen) atoms. The Morgan fingerprint density at radius 3 is 2.39 bits per heavy atom. The first-order valence-electron chi connectivity index (χ1n) is 19.8. The first-order chi connectivity index (χ1) is 27.4. The molecule has 3 N–H and O–H groups in total. The van der Waals surface area contributed by atoms with Crippen molar-refractivity contribution in [2.75, 3.05) is 37.9 Å². The lowest BCUT2D eigenvalue weighted by Gasteiger charge is -2.37. The molecule has 0 saturated carbocycles. The Labute approximate surface area is 334 Å². The van der Waals surface area contributed by atoms with Gasteiger partial charge in [0.25, 0.3) is 17.4 Å². The number of nitrogens with zero attached hydrogens (tertiary/aromatic N) is 2. The zero-order valence-corrected chi connectivity index (χ0v) is 33.8. The summed E-state index contributed by atoms with van der Waals surface area (Å²) < 4.78 is 17.5. The SMILES string of the molecule is CCN(c1cc(-c2ccc(COCCOc3ccc4c(c3)C(=O)N([C@H](C(=O)O)C(C)C)C4)cc2)cc(C(=O)NCc2c(C)cc(C)[nH]c2=O)c1C)C1CCOCC1. The van der Waals surface area contributed by atoms with Crippen molar-refractivity contribution in [1.29, 1.82) is 0 Å². The topological polar surface area (TPSA) is 150 Å². The van der Waals surface area contributed by atoms with E-state index in [1.54, 1.807) is 26.0 Å². The number of aliphatic carboxylic acids is 1. The van der Waals surface area contributed by atoms with Crippen LogP contribution in [-0.4, -0.2) is 77.8 Å². The molecule has 0 bridgehead atoms. The largest absolute Gasteiger partial charge is 0.491 e. The van der Waals surface area contributed by atoms with E-state index in [9.17, 15) is 24.3 Å². The molecule has 4 aromatic rings. The first-order valence-corrected chi connectivity index (χ1v) is 19.8. The van der Waals surface area contributed by atoms with E-state index in [1.165, 1.54) is 4.90 Å². The van der Waals surface area contributed by atoms with Crippen LogP contribution in [0, 0.1) is 26.7 Å². The molecule has 1 aromatic heterocycles. The van der Waals surface area contributed by atoms with E-state index >= 15 is 0 Å². The number of H-pyrrole nitrogens is 1. The quantitative estimate of drug-likeness (QED) is 0.108. The van der Waals surface area contributed by atoms with E-state index < -0.39 is 12.0 Å². The van der Waals surface area contributed by atoms with Crippen molar-refractivity contribution in [3.05, 3.63) is 116 Å². The van der Waals surface area contributed by atoms with Crippen molar-refractivity contribution in [1.82, 2.24) is 15.2 Å². The summed E-state index contributed by atoms with van der Waals surface area (Å²) >= 11 is 0. The summed E-state index contributed by atoms with van der Waals surface area (Å²) in [5.41, 5.74) is 8.50. The number of carbonyl (C=O) groups is 3. The number of carboxylic acid groups (broad SMARTS) is 1. The average molecular weight is 779 g/mol. The van der Waals surface area contributed by atoms with Crippen LogP contribution in [0.4, 0.5) is 5.69 Å². The van der Waals surface area contributed by atoms with Gasteiger partial charge in [-0.25, -0.2) is 4.79 Å². The Hall–Kier alpha value is -5.46. The molecular weight excluding hydrogens is 725 g/mol. The molecule has 2 aliphatic rings. The van der Waals surface area contributed by atoms with E-state index in [-0.39, 0.29) is 43.0 Å². The minimum atomic E-state index is -1.01. The summed E-state index contributed by atoms with van der Waals surface area (Å²) in [6, 6.07) is 18.8. The van der Waals surface area contributed by atoms with Crippen molar-refractivity contribution in [3.63, 3.8) is 0 Å². The smallest absolute Gasteiger partial charge is 0.326 e. The normalized spacial score (nSPS) is 14.8. The van der Waals surface area contributed by atoms with Gasteiger partial charge in [0, 0.05) is 67.0 Å². The molecule has 12 nitrogen and oxygen atoms in total. The van der Waals surface area contributed by atoms with Gasteiger partial charge in [-0.2, -0.15) is 0 Å². The molecule has 1 fully saturated rings. The molecule has 6 rings (SSSR count). The summed E-state index contributed by atoms with van der Waals surface area (Å²) in [7, 11) is 0. The number of nitrogens with one attached hydrogen (secondary N) is 2. The van der Waals surface area contributed by atoms with E-state index in [0.717, 1.165) is 64.1 Å². The molecule has 0 spiro atoms. The Bertz CT molecular complexity index is 2160. The minimum Gasteiger partial charge on any atom is -0.491 e. The number of anilines is 1. The number of ether oxygens (including phenoxy) is 3. The van der Waals surface area contributed by atoms with Gasteiger partial charge in [0.05, 0.1) is 13.2 Å². The Morgan fingerprint density at radius 2 is 1.72 bits per heavy atom. The van der Waals surface area contributed by atoms with Gasteiger partial charge >= 0.3 is 5.97 Å². The number of amides is 2. The van der Waals surface area contributed by atoms with Gasteiger partial charge in [0.1, 0.15) is 18.4 Å². The predicted molar refractivity (Wildman–Crippen MR) is 219 cm³/mol. The number of fused-ring (bicyclic) bond motifs is 1. The summed E-state index contributed by atoms with van der Waals surface area (Å²) in [5.74, 6) is -1.25. The van der Waals surface area contributed by atoms with Gasteiger partial charge in [0.2, 0.25) is 0 Å². The molecule has 0 aliphatic carbocycles. The third kappa shape index (κ3) is 9.40. The Morgan fingerprint density at radius 1 is 0.982 bits per heavy atom. The molecule has 2 amide bonds. The maximum Gasteiger partial charge on any atom is 0.326 e. The summed E-state index contributed by atoms with van der Waals surface area (Å²) in [6.45, 7) is 15.0. The summed E-state index contributed by atoms with van der Waals surface area (Å²) in [6.07, 6.45) is 1.82. The van der Waals surface area contributed by atoms with Crippen LogP contribution >= 0.6 is 0 Å². The van der Waals surface area contributed by atoms with Crippen molar-refractivity contribution in [2.45, 2.75) is 86.2 Å². The van der Waals surface area contributed by atoms with Gasteiger partial charge in [-0.3, -0.25) is 14.4 Å². The van der Waals surface area contributed by atoms with E-state index in [2.05, 4.69) is 28.2 Å². The van der Waals surface area contributed by atoms with Crippen molar-refractivity contribution in [3.8, 4) is 16.9 Å². The molecule has 3 heterocycles. The Kier molecular flexibility index (Phi) is 13.2. The van der Waals surface area contributed by atoms with Crippen LogP contribution in [0.2, 0.25) is 0 Å². The molecule has 2 aliphatic heterocycles.